The van der Waals surface area contributed by atoms with Gasteiger partial charge in [0, 0.05) is 23.9 Å². The summed E-state index contributed by atoms with van der Waals surface area (Å²) in [4.78, 5) is 23.6. The number of rotatable bonds is 5. The van der Waals surface area contributed by atoms with Gasteiger partial charge in [-0.25, -0.2) is 0 Å². The van der Waals surface area contributed by atoms with Crippen molar-refractivity contribution in [2.75, 3.05) is 18.7 Å². The van der Waals surface area contributed by atoms with E-state index in [2.05, 4.69) is 10.6 Å². The molecule has 8 heteroatoms. The molecule has 1 aliphatic heterocycles. The summed E-state index contributed by atoms with van der Waals surface area (Å²) in [6, 6.07) is 6.48. The second-order valence-corrected chi connectivity index (χ2v) is 5.14. The highest BCUT2D eigenvalue weighted by Gasteiger charge is 2.17. The molecule has 0 saturated heterocycles. The molecule has 1 aromatic carbocycles. The van der Waals surface area contributed by atoms with Gasteiger partial charge >= 0.3 is 11.8 Å². The second-order valence-electron chi connectivity index (χ2n) is 5.14. The number of carbonyl (C=O) groups is 2. The molecule has 1 aromatic heterocycles. The molecule has 0 radical (unpaired) electrons. The normalized spacial score (nSPS) is 13.4. The zero-order valence-electron chi connectivity index (χ0n) is 12.7. The number of benzene rings is 1. The van der Waals surface area contributed by atoms with Gasteiger partial charge in [-0.1, -0.05) is 0 Å². The van der Waals surface area contributed by atoms with Crippen molar-refractivity contribution in [1.82, 2.24) is 5.32 Å². The van der Waals surface area contributed by atoms with E-state index < -0.39 is 17.9 Å². The summed E-state index contributed by atoms with van der Waals surface area (Å²) < 4.78 is 15.2. The van der Waals surface area contributed by atoms with Crippen molar-refractivity contribution in [3.8, 4) is 11.5 Å². The average molecular weight is 332 g/mol. The molecule has 2 aromatic rings. The zero-order chi connectivity index (χ0) is 16.9. The number of anilines is 1. The van der Waals surface area contributed by atoms with Crippen LogP contribution in [-0.2, 0) is 9.59 Å². The summed E-state index contributed by atoms with van der Waals surface area (Å²) >= 11 is 0. The van der Waals surface area contributed by atoms with Crippen molar-refractivity contribution in [3.05, 3.63) is 42.4 Å². The number of fused-ring (bicyclic) bond motifs is 1. The number of aliphatic hydroxyl groups excluding tert-OH is 1. The highest BCUT2D eigenvalue weighted by molar-refractivity contribution is 6.39. The topological polar surface area (TPSA) is 110 Å². The Morgan fingerprint density at radius 2 is 2.00 bits per heavy atom. The number of hydrogen-bond donors (Lipinski definition) is 3. The van der Waals surface area contributed by atoms with E-state index in [1.54, 1.807) is 24.3 Å². The Bertz CT molecular complexity index is 728. The third-order valence-electron chi connectivity index (χ3n) is 3.47. The lowest BCUT2D eigenvalue weighted by Gasteiger charge is -2.10. The molecule has 2 amide bonds. The van der Waals surface area contributed by atoms with Crippen LogP contribution in [0.15, 0.2) is 41.2 Å². The summed E-state index contributed by atoms with van der Waals surface area (Å²) in [5, 5.41) is 14.8. The molecule has 1 atom stereocenters. The van der Waals surface area contributed by atoms with Gasteiger partial charge in [0.2, 0.25) is 6.79 Å². The molecule has 3 N–H and O–H groups in total. The van der Waals surface area contributed by atoms with E-state index in [1.165, 1.54) is 12.5 Å². The number of hydrogen-bond acceptors (Lipinski definition) is 6. The van der Waals surface area contributed by atoms with Crippen molar-refractivity contribution >= 4 is 17.5 Å². The highest BCUT2D eigenvalue weighted by atomic mass is 16.7. The number of nitrogens with one attached hydrogen (secondary N) is 2. The number of ether oxygens (including phenoxy) is 2. The second kappa shape index (κ2) is 7.05. The highest BCUT2D eigenvalue weighted by Crippen LogP contribution is 2.34. The molecule has 0 aliphatic carbocycles. The molecular formula is C16H16N2O6. The van der Waals surface area contributed by atoms with Crippen molar-refractivity contribution in [1.29, 1.82) is 0 Å². The van der Waals surface area contributed by atoms with Crippen LogP contribution in [0.3, 0.4) is 0 Å². The van der Waals surface area contributed by atoms with Crippen LogP contribution in [0.4, 0.5) is 5.69 Å². The van der Waals surface area contributed by atoms with E-state index in [0.717, 1.165) is 0 Å². The summed E-state index contributed by atoms with van der Waals surface area (Å²) in [7, 11) is 0. The molecule has 3 rings (SSSR count). The predicted octanol–water partition coefficient (Wildman–Crippen LogP) is 1.19. The largest absolute Gasteiger partial charge is 0.472 e. The van der Waals surface area contributed by atoms with Crippen LogP contribution in [0, 0.1) is 0 Å². The molecule has 2 heterocycles. The van der Waals surface area contributed by atoms with Crippen LogP contribution in [0.1, 0.15) is 18.1 Å². The van der Waals surface area contributed by atoms with Gasteiger partial charge in [0.1, 0.15) is 0 Å². The smallest absolute Gasteiger partial charge is 0.313 e. The van der Waals surface area contributed by atoms with Crippen molar-refractivity contribution in [2.24, 2.45) is 0 Å². The van der Waals surface area contributed by atoms with Crippen molar-refractivity contribution < 1.29 is 28.6 Å². The van der Waals surface area contributed by atoms with Crippen LogP contribution in [-0.4, -0.2) is 30.3 Å². The summed E-state index contributed by atoms with van der Waals surface area (Å²) in [5.74, 6) is -0.485. The van der Waals surface area contributed by atoms with Gasteiger partial charge in [-0.15, -0.1) is 0 Å². The van der Waals surface area contributed by atoms with E-state index >= 15 is 0 Å². The van der Waals surface area contributed by atoms with Crippen molar-refractivity contribution in [2.45, 2.75) is 12.5 Å². The Kier molecular flexibility index (Phi) is 4.66. The Hall–Kier alpha value is -3.00. The first-order chi connectivity index (χ1) is 11.6. The minimum Gasteiger partial charge on any atom is -0.472 e. The first kappa shape index (κ1) is 15.9. The van der Waals surface area contributed by atoms with E-state index in [-0.39, 0.29) is 19.8 Å². The van der Waals surface area contributed by atoms with E-state index in [4.69, 9.17) is 13.9 Å². The van der Waals surface area contributed by atoms with Gasteiger partial charge < -0.3 is 29.6 Å². The molecule has 0 fully saturated rings. The van der Waals surface area contributed by atoms with E-state index in [9.17, 15) is 14.7 Å². The maximum Gasteiger partial charge on any atom is 0.313 e. The van der Waals surface area contributed by atoms with E-state index in [1.807, 2.05) is 0 Å². The quantitative estimate of drug-likeness (QED) is 0.709. The van der Waals surface area contributed by atoms with Crippen LogP contribution < -0.4 is 20.1 Å². The van der Waals surface area contributed by atoms with Gasteiger partial charge in [0.05, 0.1) is 18.6 Å². The predicted molar refractivity (Wildman–Crippen MR) is 82.5 cm³/mol. The SMILES string of the molecule is O=C(NCCC(O)c1ccoc1)C(=O)Nc1ccc2c(c1)OCO2. The molecule has 1 unspecified atom stereocenters. The molecule has 1 aliphatic rings. The summed E-state index contributed by atoms with van der Waals surface area (Å²) in [5.41, 5.74) is 1.05. The third kappa shape index (κ3) is 3.66. The fourth-order valence-corrected chi connectivity index (χ4v) is 2.20. The first-order valence-electron chi connectivity index (χ1n) is 7.32. The lowest BCUT2D eigenvalue weighted by Crippen LogP contribution is -2.36. The average Bonchev–Trinajstić information content (AvgIpc) is 3.25. The molecule has 0 bridgehead atoms. The van der Waals surface area contributed by atoms with Crippen LogP contribution in [0.5, 0.6) is 11.5 Å². The van der Waals surface area contributed by atoms with Crippen LogP contribution in [0.25, 0.3) is 0 Å². The Morgan fingerprint density at radius 1 is 1.17 bits per heavy atom. The Morgan fingerprint density at radius 3 is 2.79 bits per heavy atom. The summed E-state index contributed by atoms with van der Waals surface area (Å²) in [6.45, 7) is 0.284. The maximum absolute atomic E-state index is 11.8. The zero-order valence-corrected chi connectivity index (χ0v) is 12.7. The fourth-order valence-electron chi connectivity index (χ4n) is 2.20. The lowest BCUT2D eigenvalue weighted by molar-refractivity contribution is -0.136. The van der Waals surface area contributed by atoms with Crippen LogP contribution in [0.2, 0.25) is 0 Å². The molecule has 0 saturated carbocycles. The lowest BCUT2D eigenvalue weighted by atomic mass is 10.1. The molecule has 8 nitrogen and oxygen atoms in total. The standard InChI is InChI=1S/C16H16N2O6/c19-12(10-4-6-22-8-10)3-5-17-15(20)16(21)18-11-1-2-13-14(7-11)24-9-23-13/h1-2,4,6-8,12,19H,3,5,9H2,(H,17,20)(H,18,21). The summed E-state index contributed by atoms with van der Waals surface area (Å²) in [6.07, 6.45) is 2.39. The third-order valence-corrected chi connectivity index (χ3v) is 3.47. The number of aliphatic hydroxyl groups is 1. The van der Waals surface area contributed by atoms with E-state index in [0.29, 0.717) is 22.7 Å². The first-order valence-corrected chi connectivity index (χ1v) is 7.32. The Balaban J connectivity index is 1.45. The molecule has 24 heavy (non-hydrogen) atoms. The maximum atomic E-state index is 11.8. The number of amides is 2. The van der Waals surface area contributed by atoms with Gasteiger partial charge in [0.15, 0.2) is 11.5 Å². The molecule has 0 spiro atoms. The van der Waals surface area contributed by atoms with Crippen molar-refractivity contribution in [3.63, 3.8) is 0 Å². The Labute approximate surface area is 137 Å². The monoisotopic (exact) mass is 332 g/mol. The molecular weight excluding hydrogens is 316 g/mol. The minimum atomic E-state index is -0.799. The minimum absolute atomic E-state index is 0.131. The van der Waals surface area contributed by atoms with Gasteiger partial charge in [-0.2, -0.15) is 0 Å². The van der Waals surface area contributed by atoms with Gasteiger partial charge in [-0.05, 0) is 24.6 Å². The molecule has 126 valence electrons. The van der Waals surface area contributed by atoms with Crippen LogP contribution >= 0.6 is 0 Å². The fraction of sp³-hybridized carbons (Fsp3) is 0.250. The number of furan rings is 1. The van der Waals surface area contributed by atoms with Gasteiger partial charge in [-0.3, -0.25) is 9.59 Å². The van der Waals surface area contributed by atoms with Gasteiger partial charge in [0.25, 0.3) is 0 Å². The number of carbonyl (C=O) groups excluding carboxylic acids is 2.